The van der Waals surface area contributed by atoms with Crippen molar-refractivity contribution in [2.45, 2.75) is 51.0 Å². The van der Waals surface area contributed by atoms with Crippen LogP contribution >= 0.6 is 0 Å². The number of rotatable bonds is 7. The summed E-state index contributed by atoms with van der Waals surface area (Å²) in [6.45, 7) is 4.43. The highest BCUT2D eigenvalue weighted by Crippen LogP contribution is 2.32. The predicted octanol–water partition coefficient (Wildman–Crippen LogP) is 2.81. The SMILES string of the molecule is COc1ccccc1CCN1CC(C(=O)N(C)CC2CCCN3CCCCC23)CC1=O. The standard InChI is InChI=1S/C25H37N3O3/c1-26(17-20-9-7-14-27-13-6-5-10-22(20)27)25(30)21-16-24(29)28(18-21)15-12-19-8-3-4-11-23(19)31-2/h3-4,8,11,20-22H,5-7,9-10,12-18H2,1-2H3. The van der Waals surface area contributed by atoms with Gasteiger partial charge in [-0.15, -0.1) is 0 Å². The number of carbonyl (C=O) groups is 2. The van der Waals surface area contributed by atoms with Crippen LogP contribution in [0.25, 0.3) is 0 Å². The van der Waals surface area contributed by atoms with Crippen LogP contribution in [0.3, 0.4) is 0 Å². The molecule has 6 heteroatoms. The van der Waals surface area contributed by atoms with Crippen LogP contribution in [0.4, 0.5) is 0 Å². The molecule has 3 heterocycles. The van der Waals surface area contributed by atoms with Gasteiger partial charge in [-0.2, -0.15) is 0 Å². The van der Waals surface area contributed by atoms with Gasteiger partial charge < -0.3 is 19.4 Å². The largest absolute Gasteiger partial charge is 0.496 e. The molecule has 0 aromatic heterocycles. The van der Waals surface area contributed by atoms with Crippen molar-refractivity contribution in [3.05, 3.63) is 29.8 Å². The molecule has 0 spiro atoms. The van der Waals surface area contributed by atoms with Crippen LogP contribution in [0.15, 0.2) is 24.3 Å². The van der Waals surface area contributed by atoms with E-state index in [-0.39, 0.29) is 17.7 Å². The summed E-state index contributed by atoms with van der Waals surface area (Å²) in [5, 5.41) is 0. The molecule has 3 fully saturated rings. The molecule has 0 saturated carbocycles. The molecule has 0 bridgehead atoms. The second-order valence-electron chi connectivity index (χ2n) is 9.52. The zero-order valence-corrected chi connectivity index (χ0v) is 19.1. The normalized spacial score (nSPS) is 26.6. The minimum absolute atomic E-state index is 0.0952. The zero-order chi connectivity index (χ0) is 21.8. The maximum atomic E-state index is 13.2. The lowest BCUT2D eigenvalue weighted by molar-refractivity contribution is -0.135. The first-order chi connectivity index (χ1) is 15.1. The summed E-state index contributed by atoms with van der Waals surface area (Å²) in [4.78, 5) is 32.2. The Bertz CT molecular complexity index is 781. The van der Waals surface area contributed by atoms with Gasteiger partial charge in [-0.1, -0.05) is 24.6 Å². The van der Waals surface area contributed by atoms with E-state index < -0.39 is 0 Å². The van der Waals surface area contributed by atoms with Crippen LogP contribution in [0.2, 0.25) is 0 Å². The third kappa shape index (κ3) is 5.05. The van der Waals surface area contributed by atoms with E-state index in [2.05, 4.69) is 4.90 Å². The molecular weight excluding hydrogens is 390 g/mol. The number of methoxy groups -OCH3 is 1. The minimum Gasteiger partial charge on any atom is -0.496 e. The highest BCUT2D eigenvalue weighted by Gasteiger charge is 2.38. The van der Waals surface area contributed by atoms with Crippen molar-refractivity contribution in [2.75, 3.05) is 46.9 Å². The Labute approximate surface area is 186 Å². The molecule has 0 radical (unpaired) electrons. The molecule has 0 N–H and O–H groups in total. The Kier molecular flexibility index (Phi) is 7.16. The Morgan fingerprint density at radius 2 is 1.97 bits per heavy atom. The third-order valence-electron chi connectivity index (χ3n) is 7.52. The van der Waals surface area contributed by atoms with Gasteiger partial charge in [0, 0.05) is 39.1 Å². The maximum absolute atomic E-state index is 13.2. The Morgan fingerprint density at radius 3 is 2.81 bits per heavy atom. The van der Waals surface area contributed by atoms with Crippen molar-refractivity contribution in [1.82, 2.24) is 14.7 Å². The lowest BCUT2D eigenvalue weighted by Crippen LogP contribution is -2.51. The number of carbonyl (C=O) groups excluding carboxylic acids is 2. The fraction of sp³-hybridized carbons (Fsp3) is 0.680. The average Bonchev–Trinajstić information content (AvgIpc) is 3.18. The molecule has 0 aliphatic carbocycles. The third-order valence-corrected chi connectivity index (χ3v) is 7.52. The topological polar surface area (TPSA) is 53.1 Å². The van der Waals surface area contributed by atoms with E-state index in [1.54, 1.807) is 7.11 Å². The van der Waals surface area contributed by atoms with Gasteiger partial charge in [0.1, 0.15) is 5.75 Å². The number of piperidine rings is 2. The van der Waals surface area contributed by atoms with Crippen molar-refractivity contribution in [2.24, 2.45) is 11.8 Å². The summed E-state index contributed by atoms with van der Waals surface area (Å²) >= 11 is 0. The van der Waals surface area contributed by atoms with Gasteiger partial charge in [0.15, 0.2) is 0 Å². The number of fused-ring (bicyclic) bond motifs is 1. The highest BCUT2D eigenvalue weighted by atomic mass is 16.5. The lowest BCUT2D eigenvalue weighted by Gasteiger charge is -2.45. The van der Waals surface area contributed by atoms with Crippen LogP contribution < -0.4 is 4.74 Å². The number of ether oxygens (including phenoxy) is 1. The summed E-state index contributed by atoms with van der Waals surface area (Å²) in [5.74, 6) is 1.45. The van der Waals surface area contributed by atoms with Crippen LogP contribution in [-0.2, 0) is 16.0 Å². The monoisotopic (exact) mass is 427 g/mol. The van der Waals surface area contributed by atoms with E-state index in [4.69, 9.17) is 4.74 Å². The van der Waals surface area contributed by atoms with E-state index in [1.807, 2.05) is 41.1 Å². The average molecular weight is 428 g/mol. The Morgan fingerprint density at radius 1 is 1.16 bits per heavy atom. The number of likely N-dealkylation sites (tertiary alicyclic amines) is 1. The molecule has 4 rings (SSSR count). The van der Waals surface area contributed by atoms with Gasteiger partial charge in [0.2, 0.25) is 11.8 Å². The van der Waals surface area contributed by atoms with Gasteiger partial charge >= 0.3 is 0 Å². The van der Waals surface area contributed by atoms with Crippen molar-refractivity contribution >= 4 is 11.8 Å². The number of amides is 2. The summed E-state index contributed by atoms with van der Waals surface area (Å²) in [5.41, 5.74) is 1.10. The van der Waals surface area contributed by atoms with Crippen molar-refractivity contribution in [3.63, 3.8) is 0 Å². The Balaban J connectivity index is 1.30. The molecule has 3 unspecified atom stereocenters. The molecule has 31 heavy (non-hydrogen) atoms. The van der Waals surface area contributed by atoms with Crippen LogP contribution in [0.1, 0.15) is 44.1 Å². The van der Waals surface area contributed by atoms with Gasteiger partial charge in [-0.25, -0.2) is 0 Å². The van der Waals surface area contributed by atoms with Crippen molar-refractivity contribution < 1.29 is 14.3 Å². The van der Waals surface area contributed by atoms with E-state index in [9.17, 15) is 9.59 Å². The molecule has 6 nitrogen and oxygen atoms in total. The first-order valence-corrected chi connectivity index (χ1v) is 12.0. The minimum atomic E-state index is -0.207. The number of benzene rings is 1. The van der Waals surface area contributed by atoms with E-state index in [0.717, 1.165) is 24.3 Å². The van der Waals surface area contributed by atoms with E-state index in [0.29, 0.717) is 31.5 Å². The first kappa shape index (κ1) is 22.1. The first-order valence-electron chi connectivity index (χ1n) is 12.0. The molecule has 1 aromatic rings. The fourth-order valence-corrected chi connectivity index (χ4v) is 5.86. The predicted molar refractivity (Wildman–Crippen MR) is 121 cm³/mol. The van der Waals surface area contributed by atoms with Crippen LogP contribution in [-0.4, -0.2) is 79.4 Å². The van der Waals surface area contributed by atoms with Crippen LogP contribution in [0, 0.1) is 11.8 Å². The molecule has 3 atom stereocenters. The summed E-state index contributed by atoms with van der Waals surface area (Å²) in [7, 11) is 3.61. The smallest absolute Gasteiger partial charge is 0.227 e. The molecular formula is C25H37N3O3. The van der Waals surface area contributed by atoms with Crippen molar-refractivity contribution in [3.8, 4) is 5.75 Å². The number of para-hydroxylation sites is 1. The summed E-state index contributed by atoms with van der Waals surface area (Å²) in [6.07, 6.45) is 7.43. The second-order valence-corrected chi connectivity index (χ2v) is 9.52. The van der Waals surface area contributed by atoms with Crippen LogP contribution in [0.5, 0.6) is 5.75 Å². The fourth-order valence-electron chi connectivity index (χ4n) is 5.86. The second kappa shape index (κ2) is 10.0. The maximum Gasteiger partial charge on any atom is 0.227 e. The number of nitrogens with zero attached hydrogens (tertiary/aromatic N) is 3. The molecule has 170 valence electrons. The molecule has 3 saturated heterocycles. The molecule has 2 amide bonds. The summed E-state index contributed by atoms with van der Waals surface area (Å²) in [6, 6.07) is 8.56. The van der Waals surface area contributed by atoms with Gasteiger partial charge in [0.05, 0.1) is 13.0 Å². The number of hydrogen-bond acceptors (Lipinski definition) is 4. The van der Waals surface area contributed by atoms with Gasteiger partial charge in [-0.05, 0) is 62.7 Å². The summed E-state index contributed by atoms with van der Waals surface area (Å²) < 4.78 is 5.42. The van der Waals surface area contributed by atoms with E-state index in [1.165, 1.54) is 45.2 Å². The molecule has 3 aliphatic rings. The lowest BCUT2D eigenvalue weighted by atomic mass is 9.83. The molecule has 3 aliphatic heterocycles. The quantitative estimate of drug-likeness (QED) is 0.672. The highest BCUT2D eigenvalue weighted by molar-refractivity contribution is 5.89. The Hall–Kier alpha value is -2.08. The molecule has 1 aromatic carbocycles. The van der Waals surface area contributed by atoms with Crippen molar-refractivity contribution in [1.29, 1.82) is 0 Å². The van der Waals surface area contributed by atoms with Gasteiger partial charge in [-0.3, -0.25) is 9.59 Å². The van der Waals surface area contributed by atoms with E-state index >= 15 is 0 Å². The van der Waals surface area contributed by atoms with Gasteiger partial charge in [0.25, 0.3) is 0 Å². The zero-order valence-electron chi connectivity index (χ0n) is 19.1. The number of hydrogen-bond donors (Lipinski definition) is 0.